The van der Waals surface area contributed by atoms with Gasteiger partial charge in [0.2, 0.25) is 21.8 Å². The van der Waals surface area contributed by atoms with E-state index in [0.29, 0.717) is 35.3 Å². The van der Waals surface area contributed by atoms with Crippen LogP contribution in [-0.4, -0.2) is 69.2 Å². The maximum absolute atomic E-state index is 14.4. The van der Waals surface area contributed by atoms with Gasteiger partial charge in [-0.1, -0.05) is 46.3 Å². The number of rotatable bonds is 12. The highest BCUT2D eigenvalue weighted by Gasteiger charge is 2.42. The molecule has 2 aliphatic heterocycles. The molecule has 0 unspecified atom stereocenters. The third-order valence-corrected chi connectivity index (χ3v) is 9.24. The Hall–Kier alpha value is -2.38. The summed E-state index contributed by atoms with van der Waals surface area (Å²) in [7, 11) is -3.69. The summed E-state index contributed by atoms with van der Waals surface area (Å²) >= 11 is 3.25. The van der Waals surface area contributed by atoms with Crippen molar-refractivity contribution in [2.75, 3.05) is 25.9 Å². The molecule has 42 heavy (non-hydrogen) atoms. The van der Waals surface area contributed by atoms with Crippen LogP contribution in [0.15, 0.2) is 46.9 Å². The molecule has 2 saturated heterocycles. The zero-order valence-electron chi connectivity index (χ0n) is 24.1. The number of carbonyl (C=O) groups is 2. The maximum atomic E-state index is 14.4. The third-order valence-electron chi connectivity index (χ3n) is 8.03. The second-order valence-electron chi connectivity index (χ2n) is 11.3. The second-order valence-corrected chi connectivity index (χ2v) is 14.0. The van der Waals surface area contributed by atoms with E-state index >= 15 is 0 Å². The van der Waals surface area contributed by atoms with Crippen LogP contribution >= 0.6 is 15.9 Å². The van der Waals surface area contributed by atoms with Crippen molar-refractivity contribution in [3.63, 3.8) is 0 Å². The van der Waals surface area contributed by atoms with E-state index < -0.39 is 39.9 Å². The van der Waals surface area contributed by atoms with Crippen molar-refractivity contribution in [2.45, 2.75) is 70.4 Å². The minimum absolute atomic E-state index is 0.0237. The van der Waals surface area contributed by atoms with E-state index in [1.807, 2.05) is 31.2 Å². The van der Waals surface area contributed by atoms with Crippen LogP contribution < -0.4 is 15.4 Å². The van der Waals surface area contributed by atoms with Crippen LogP contribution in [0.1, 0.15) is 48.8 Å². The van der Waals surface area contributed by atoms with Gasteiger partial charge < -0.3 is 20.3 Å². The smallest absolute Gasteiger partial charge is 0.243 e. The Bertz CT molecular complexity index is 1350. The Morgan fingerprint density at radius 3 is 2.60 bits per heavy atom. The van der Waals surface area contributed by atoms with Crippen molar-refractivity contribution < 1.29 is 27.1 Å². The van der Waals surface area contributed by atoms with E-state index in [4.69, 9.17) is 4.74 Å². The summed E-state index contributed by atoms with van der Waals surface area (Å²) in [6, 6.07) is 10.6. The van der Waals surface area contributed by atoms with Gasteiger partial charge in [-0.15, -0.1) is 0 Å². The lowest BCUT2D eigenvalue weighted by Gasteiger charge is -2.30. The Kier molecular flexibility index (Phi) is 11.5. The summed E-state index contributed by atoms with van der Waals surface area (Å²) in [5, 5.41) is 6.27. The first kappa shape index (κ1) is 32.5. The maximum Gasteiger partial charge on any atom is 0.243 e. The van der Waals surface area contributed by atoms with Gasteiger partial charge in [0.25, 0.3) is 0 Å². The van der Waals surface area contributed by atoms with E-state index in [2.05, 4.69) is 31.3 Å². The number of carbonyl (C=O) groups excluding carboxylic acids is 2. The Balaban J connectivity index is 1.50. The number of nitrogens with zero attached hydrogens (tertiary/aromatic N) is 1. The van der Waals surface area contributed by atoms with Crippen molar-refractivity contribution in [3.8, 4) is 0 Å². The molecular weight excluding hydrogens is 627 g/mol. The first-order valence-corrected chi connectivity index (χ1v) is 17.0. The van der Waals surface area contributed by atoms with Gasteiger partial charge in [-0.2, -0.15) is 0 Å². The molecule has 2 heterocycles. The minimum Gasteiger partial charge on any atom is -0.371 e. The normalized spacial score (nSPS) is 20.4. The molecule has 0 spiro atoms. The molecule has 2 aromatic carbocycles. The SMILES string of the molecule is Cc1ccccc1CNC(=O)[C@@H]1C[C@@H](OCc2ccc(Br)cc2F)CN1C(=O)[C@@H](CCC1CCNCC1)NS(C)(=O)=O. The summed E-state index contributed by atoms with van der Waals surface area (Å²) in [6.45, 7) is 4.12. The largest absolute Gasteiger partial charge is 0.371 e. The number of hydrogen-bond donors (Lipinski definition) is 3. The van der Waals surface area contributed by atoms with Crippen LogP contribution in [0, 0.1) is 18.7 Å². The number of amides is 2. The fourth-order valence-corrected chi connectivity index (χ4v) is 6.70. The van der Waals surface area contributed by atoms with E-state index in [1.54, 1.807) is 12.1 Å². The van der Waals surface area contributed by atoms with E-state index in [-0.39, 0.29) is 25.5 Å². The standard InChI is InChI=1S/C30H40BrFN4O5S/c1-20-5-3-4-6-22(20)17-34-29(37)28-16-25(41-19-23-8-9-24(31)15-26(23)32)18-36(28)30(38)27(35-42(2,39)40)10-7-21-11-13-33-14-12-21/h3-6,8-9,15,21,25,27-28,33,35H,7,10-14,16-19H2,1-2H3,(H,34,37)/t25-,27-,28+/m1/s1. The number of aryl methyl sites for hydroxylation is 1. The predicted molar refractivity (Wildman–Crippen MR) is 162 cm³/mol. The van der Waals surface area contributed by atoms with E-state index in [1.165, 1.54) is 11.0 Å². The van der Waals surface area contributed by atoms with Crippen LogP contribution in [0.25, 0.3) is 0 Å². The first-order chi connectivity index (χ1) is 20.0. The average Bonchev–Trinajstić information content (AvgIpc) is 3.38. The molecule has 3 N–H and O–H groups in total. The zero-order chi connectivity index (χ0) is 30.3. The van der Waals surface area contributed by atoms with E-state index in [9.17, 15) is 22.4 Å². The molecule has 12 heteroatoms. The van der Waals surface area contributed by atoms with Crippen LogP contribution in [-0.2, 0) is 37.5 Å². The number of nitrogens with one attached hydrogen (secondary N) is 3. The van der Waals surface area contributed by atoms with E-state index in [0.717, 1.165) is 43.3 Å². The van der Waals surface area contributed by atoms with Gasteiger partial charge in [-0.25, -0.2) is 17.5 Å². The minimum atomic E-state index is -3.69. The van der Waals surface area contributed by atoms with Gasteiger partial charge in [-0.05, 0) is 74.9 Å². The summed E-state index contributed by atoms with van der Waals surface area (Å²) < 4.78 is 48.1. The molecule has 0 bridgehead atoms. The van der Waals surface area contributed by atoms with Crippen LogP contribution in [0.3, 0.4) is 0 Å². The van der Waals surface area contributed by atoms with Crippen molar-refractivity contribution in [1.82, 2.24) is 20.3 Å². The van der Waals surface area contributed by atoms with Gasteiger partial charge in [-0.3, -0.25) is 9.59 Å². The van der Waals surface area contributed by atoms with Crippen molar-refractivity contribution >= 4 is 37.8 Å². The van der Waals surface area contributed by atoms with Gasteiger partial charge >= 0.3 is 0 Å². The Morgan fingerprint density at radius 2 is 1.90 bits per heavy atom. The fourth-order valence-electron chi connectivity index (χ4n) is 5.63. The Labute approximate surface area is 256 Å². The number of halogens is 2. The number of ether oxygens (including phenoxy) is 1. The molecule has 0 saturated carbocycles. The second kappa shape index (κ2) is 14.9. The predicted octanol–water partition coefficient (Wildman–Crippen LogP) is 3.40. The molecule has 0 radical (unpaired) electrons. The average molecular weight is 668 g/mol. The van der Waals surface area contributed by atoms with Gasteiger partial charge in [0.05, 0.1) is 19.0 Å². The Morgan fingerprint density at radius 1 is 1.17 bits per heavy atom. The lowest BCUT2D eigenvalue weighted by molar-refractivity contribution is -0.140. The molecule has 4 rings (SSSR count). The highest BCUT2D eigenvalue weighted by molar-refractivity contribution is 9.10. The molecule has 9 nitrogen and oxygen atoms in total. The number of piperidine rings is 1. The molecule has 2 amide bonds. The molecule has 2 aliphatic rings. The van der Waals surface area contributed by atoms with Crippen LogP contribution in [0.4, 0.5) is 4.39 Å². The van der Waals surface area contributed by atoms with Gasteiger partial charge in [0.15, 0.2) is 0 Å². The van der Waals surface area contributed by atoms with Crippen molar-refractivity contribution in [1.29, 1.82) is 0 Å². The number of likely N-dealkylation sites (tertiary alicyclic amines) is 1. The summed E-state index contributed by atoms with van der Waals surface area (Å²) in [6.07, 6.45) is 3.68. The van der Waals surface area contributed by atoms with Gasteiger partial charge in [0, 0.05) is 29.5 Å². The molecule has 0 aliphatic carbocycles. The zero-order valence-corrected chi connectivity index (χ0v) is 26.5. The quantitative estimate of drug-likeness (QED) is 0.320. The highest BCUT2D eigenvalue weighted by atomic mass is 79.9. The van der Waals surface area contributed by atoms with Crippen molar-refractivity contribution in [2.24, 2.45) is 5.92 Å². The molecule has 2 fully saturated rings. The van der Waals surface area contributed by atoms with Crippen LogP contribution in [0.2, 0.25) is 0 Å². The summed E-state index contributed by atoms with van der Waals surface area (Å²) in [5.41, 5.74) is 2.35. The van der Waals surface area contributed by atoms with Crippen molar-refractivity contribution in [3.05, 3.63) is 69.4 Å². The number of sulfonamides is 1. The molecule has 0 aromatic heterocycles. The third kappa shape index (κ3) is 9.31. The van der Waals surface area contributed by atoms with Gasteiger partial charge in [0.1, 0.15) is 17.9 Å². The number of benzene rings is 2. The lowest BCUT2D eigenvalue weighted by atomic mass is 9.91. The highest BCUT2D eigenvalue weighted by Crippen LogP contribution is 2.26. The summed E-state index contributed by atoms with van der Waals surface area (Å²) in [5.74, 6) is -0.819. The fraction of sp³-hybridized carbons (Fsp3) is 0.533. The van der Waals surface area contributed by atoms with Crippen LogP contribution in [0.5, 0.6) is 0 Å². The molecular formula is C30H40BrFN4O5S. The lowest BCUT2D eigenvalue weighted by Crippen LogP contribution is -2.53. The molecule has 2 aromatic rings. The first-order valence-electron chi connectivity index (χ1n) is 14.4. The molecule has 3 atom stereocenters. The topological polar surface area (TPSA) is 117 Å². The number of hydrogen-bond acceptors (Lipinski definition) is 6. The monoisotopic (exact) mass is 666 g/mol. The molecule has 230 valence electrons. The summed E-state index contributed by atoms with van der Waals surface area (Å²) in [4.78, 5) is 28.9.